The Balaban J connectivity index is 1.93. The second kappa shape index (κ2) is 5.15. The van der Waals surface area contributed by atoms with Crippen LogP contribution in [0.1, 0.15) is 25.3 Å². The average molecular weight is 234 g/mol. The summed E-state index contributed by atoms with van der Waals surface area (Å²) < 4.78 is 18.7. The van der Waals surface area contributed by atoms with Gasteiger partial charge in [-0.1, -0.05) is 0 Å². The smallest absolute Gasteiger partial charge is 0.141 e. The SMILES string of the molecule is CC1CCC(CNc2ccc(F)c(C#N)c2)O1. The molecule has 0 aliphatic carbocycles. The van der Waals surface area contributed by atoms with E-state index in [-0.39, 0.29) is 11.7 Å². The van der Waals surface area contributed by atoms with E-state index >= 15 is 0 Å². The molecule has 1 aromatic carbocycles. The highest BCUT2D eigenvalue weighted by atomic mass is 19.1. The summed E-state index contributed by atoms with van der Waals surface area (Å²) in [5.41, 5.74) is 0.821. The van der Waals surface area contributed by atoms with Gasteiger partial charge >= 0.3 is 0 Å². The molecule has 1 aliphatic rings. The molecule has 0 spiro atoms. The minimum atomic E-state index is -0.483. The first-order valence-corrected chi connectivity index (χ1v) is 5.78. The first-order chi connectivity index (χ1) is 8.19. The van der Waals surface area contributed by atoms with Gasteiger partial charge < -0.3 is 10.1 Å². The molecule has 1 saturated heterocycles. The van der Waals surface area contributed by atoms with E-state index in [1.54, 1.807) is 6.07 Å². The number of nitrogens with one attached hydrogen (secondary N) is 1. The molecule has 1 N–H and O–H groups in total. The summed E-state index contributed by atoms with van der Waals surface area (Å²) in [5, 5.41) is 11.9. The van der Waals surface area contributed by atoms with E-state index in [2.05, 4.69) is 12.2 Å². The number of benzene rings is 1. The highest BCUT2D eigenvalue weighted by Gasteiger charge is 2.21. The van der Waals surface area contributed by atoms with Crippen molar-refractivity contribution in [3.63, 3.8) is 0 Å². The standard InChI is InChI=1S/C13H15FN2O/c1-9-2-4-12(17-9)8-16-11-3-5-13(14)10(6-11)7-15/h3,5-6,9,12,16H,2,4,8H2,1H3. The van der Waals surface area contributed by atoms with Crippen LogP contribution in [0.15, 0.2) is 18.2 Å². The lowest BCUT2D eigenvalue weighted by Crippen LogP contribution is -2.19. The van der Waals surface area contributed by atoms with Gasteiger partial charge in [0.1, 0.15) is 11.9 Å². The molecule has 4 heteroatoms. The molecule has 0 amide bonds. The summed E-state index contributed by atoms with van der Waals surface area (Å²) in [4.78, 5) is 0. The van der Waals surface area contributed by atoms with Crippen LogP contribution < -0.4 is 5.32 Å². The number of hydrogen-bond donors (Lipinski definition) is 1. The van der Waals surface area contributed by atoms with E-state index in [4.69, 9.17) is 10.00 Å². The molecule has 2 unspecified atom stereocenters. The van der Waals surface area contributed by atoms with Gasteiger partial charge in [-0.25, -0.2) is 4.39 Å². The van der Waals surface area contributed by atoms with Crippen LogP contribution in [0.5, 0.6) is 0 Å². The molecule has 1 fully saturated rings. The normalized spacial score (nSPS) is 23.4. The van der Waals surface area contributed by atoms with Gasteiger partial charge in [0.05, 0.1) is 17.8 Å². The number of nitrogens with zero attached hydrogens (tertiary/aromatic N) is 1. The maximum absolute atomic E-state index is 13.1. The third kappa shape index (κ3) is 2.95. The first kappa shape index (κ1) is 11.9. The van der Waals surface area contributed by atoms with E-state index in [1.165, 1.54) is 12.1 Å². The van der Waals surface area contributed by atoms with Gasteiger partial charge in [0, 0.05) is 12.2 Å². The van der Waals surface area contributed by atoms with Gasteiger partial charge in [0.2, 0.25) is 0 Å². The third-order valence-corrected chi connectivity index (χ3v) is 2.94. The maximum atomic E-state index is 13.1. The van der Waals surface area contributed by atoms with Crippen molar-refractivity contribution < 1.29 is 9.13 Å². The third-order valence-electron chi connectivity index (χ3n) is 2.94. The van der Waals surface area contributed by atoms with Crippen molar-refractivity contribution in [2.24, 2.45) is 0 Å². The average Bonchev–Trinajstić information content (AvgIpc) is 2.74. The summed E-state index contributed by atoms with van der Waals surface area (Å²) in [6.07, 6.45) is 2.66. The minimum Gasteiger partial charge on any atom is -0.382 e. The summed E-state index contributed by atoms with van der Waals surface area (Å²) in [6.45, 7) is 2.76. The summed E-state index contributed by atoms with van der Waals surface area (Å²) >= 11 is 0. The Hall–Kier alpha value is -1.60. The number of halogens is 1. The summed E-state index contributed by atoms with van der Waals surface area (Å²) in [7, 11) is 0. The van der Waals surface area contributed by atoms with Gasteiger partial charge in [0.25, 0.3) is 0 Å². The van der Waals surface area contributed by atoms with Crippen LogP contribution >= 0.6 is 0 Å². The Morgan fingerprint density at radius 2 is 2.35 bits per heavy atom. The highest BCUT2D eigenvalue weighted by Crippen LogP contribution is 2.20. The fourth-order valence-corrected chi connectivity index (χ4v) is 1.99. The summed E-state index contributed by atoms with van der Waals surface area (Å²) in [6, 6.07) is 6.28. The van der Waals surface area contributed by atoms with E-state index < -0.39 is 5.82 Å². The van der Waals surface area contributed by atoms with Crippen LogP contribution in [-0.4, -0.2) is 18.8 Å². The zero-order valence-corrected chi connectivity index (χ0v) is 9.74. The van der Waals surface area contributed by atoms with Crippen LogP contribution in [0.2, 0.25) is 0 Å². The molecular weight excluding hydrogens is 219 g/mol. The van der Waals surface area contributed by atoms with Gasteiger partial charge in [-0.2, -0.15) is 5.26 Å². The van der Waals surface area contributed by atoms with Crippen molar-refractivity contribution in [2.45, 2.75) is 32.0 Å². The van der Waals surface area contributed by atoms with Crippen molar-refractivity contribution in [1.82, 2.24) is 0 Å². The lowest BCUT2D eigenvalue weighted by atomic mass is 10.2. The predicted molar refractivity (Wildman–Crippen MR) is 63.2 cm³/mol. The largest absolute Gasteiger partial charge is 0.382 e. The number of ether oxygens (including phenoxy) is 1. The number of anilines is 1. The van der Waals surface area contributed by atoms with Crippen LogP contribution in [0.25, 0.3) is 0 Å². The van der Waals surface area contributed by atoms with Gasteiger partial charge in [0.15, 0.2) is 0 Å². The number of hydrogen-bond acceptors (Lipinski definition) is 3. The Kier molecular flexibility index (Phi) is 3.60. The summed E-state index contributed by atoms with van der Waals surface area (Å²) in [5.74, 6) is -0.483. The van der Waals surface area contributed by atoms with E-state index in [1.807, 2.05) is 6.07 Å². The van der Waals surface area contributed by atoms with Crippen LogP contribution in [0, 0.1) is 17.1 Å². The molecule has 2 atom stereocenters. The van der Waals surface area contributed by atoms with Gasteiger partial charge in [-0.05, 0) is 38.0 Å². The van der Waals surface area contributed by atoms with E-state index in [9.17, 15) is 4.39 Å². The second-order valence-electron chi connectivity index (χ2n) is 4.33. The number of rotatable bonds is 3. The zero-order valence-electron chi connectivity index (χ0n) is 9.74. The molecule has 0 radical (unpaired) electrons. The van der Waals surface area contributed by atoms with Crippen LogP contribution in [-0.2, 0) is 4.74 Å². The van der Waals surface area contributed by atoms with E-state index in [0.29, 0.717) is 12.6 Å². The Bertz CT molecular complexity index is 442. The molecule has 0 aromatic heterocycles. The molecule has 0 bridgehead atoms. The lowest BCUT2D eigenvalue weighted by Gasteiger charge is -2.13. The maximum Gasteiger partial charge on any atom is 0.141 e. The minimum absolute atomic E-state index is 0.0655. The fraction of sp³-hybridized carbons (Fsp3) is 0.462. The first-order valence-electron chi connectivity index (χ1n) is 5.78. The molecule has 17 heavy (non-hydrogen) atoms. The Morgan fingerprint density at radius 1 is 1.53 bits per heavy atom. The second-order valence-corrected chi connectivity index (χ2v) is 4.33. The quantitative estimate of drug-likeness (QED) is 0.874. The van der Waals surface area contributed by atoms with Crippen molar-refractivity contribution in [2.75, 3.05) is 11.9 Å². The van der Waals surface area contributed by atoms with Crippen molar-refractivity contribution in [3.8, 4) is 6.07 Å². The van der Waals surface area contributed by atoms with Crippen LogP contribution in [0.3, 0.4) is 0 Å². The Morgan fingerprint density at radius 3 is 3.00 bits per heavy atom. The highest BCUT2D eigenvalue weighted by molar-refractivity contribution is 5.49. The molecule has 0 saturated carbocycles. The fourth-order valence-electron chi connectivity index (χ4n) is 1.99. The van der Waals surface area contributed by atoms with Gasteiger partial charge in [-0.3, -0.25) is 0 Å². The van der Waals surface area contributed by atoms with E-state index in [0.717, 1.165) is 18.5 Å². The van der Waals surface area contributed by atoms with Crippen molar-refractivity contribution >= 4 is 5.69 Å². The predicted octanol–water partition coefficient (Wildman–Crippen LogP) is 2.68. The molecule has 1 aromatic rings. The monoisotopic (exact) mass is 234 g/mol. The Labute approximate surface area is 100 Å². The molecule has 1 heterocycles. The van der Waals surface area contributed by atoms with Crippen molar-refractivity contribution in [3.05, 3.63) is 29.6 Å². The molecule has 3 nitrogen and oxygen atoms in total. The molecule has 2 rings (SSSR count). The topological polar surface area (TPSA) is 45.0 Å². The van der Waals surface area contributed by atoms with Crippen molar-refractivity contribution in [1.29, 1.82) is 5.26 Å². The van der Waals surface area contributed by atoms with Gasteiger partial charge in [-0.15, -0.1) is 0 Å². The van der Waals surface area contributed by atoms with Crippen LogP contribution in [0.4, 0.5) is 10.1 Å². The zero-order chi connectivity index (χ0) is 12.3. The number of nitriles is 1. The lowest BCUT2D eigenvalue weighted by molar-refractivity contribution is 0.0637. The molecule has 90 valence electrons. The molecule has 1 aliphatic heterocycles. The molecular formula is C13H15FN2O.